The lowest BCUT2D eigenvalue weighted by Crippen LogP contribution is -2.48. The molecule has 2 aromatic carbocycles. The van der Waals surface area contributed by atoms with Crippen molar-refractivity contribution in [3.63, 3.8) is 0 Å². The van der Waals surface area contributed by atoms with E-state index in [1.807, 2.05) is 29.2 Å². The first-order chi connectivity index (χ1) is 17.9. The second-order valence-corrected chi connectivity index (χ2v) is 10.4. The number of fused-ring (bicyclic) bond motifs is 1. The first kappa shape index (κ1) is 26.9. The number of aryl methyl sites for hydroxylation is 1. The van der Waals surface area contributed by atoms with Gasteiger partial charge in [0, 0.05) is 13.1 Å². The molecule has 0 spiro atoms. The van der Waals surface area contributed by atoms with Gasteiger partial charge in [-0.2, -0.15) is 5.26 Å². The minimum atomic E-state index is -0.515. The minimum Gasteiger partial charge on any atom is -0.492 e. The maximum absolute atomic E-state index is 13.0. The second kappa shape index (κ2) is 11.9. The third-order valence-electron chi connectivity index (χ3n) is 8.41. The quantitative estimate of drug-likeness (QED) is 0.430. The van der Waals surface area contributed by atoms with E-state index < -0.39 is 5.41 Å². The molecule has 6 heteroatoms. The Labute approximate surface area is 221 Å². The maximum atomic E-state index is 13.0. The summed E-state index contributed by atoms with van der Waals surface area (Å²) in [4.78, 5) is 28.8. The first-order valence-electron chi connectivity index (χ1n) is 13.7. The van der Waals surface area contributed by atoms with Crippen LogP contribution in [0.3, 0.4) is 0 Å². The predicted molar refractivity (Wildman–Crippen MR) is 145 cm³/mol. The Kier molecular flexibility index (Phi) is 8.66. The van der Waals surface area contributed by atoms with Crippen LogP contribution in [0.2, 0.25) is 0 Å². The Morgan fingerprint density at radius 1 is 1.16 bits per heavy atom. The van der Waals surface area contributed by atoms with Crippen molar-refractivity contribution in [2.75, 3.05) is 32.8 Å². The third-order valence-corrected chi connectivity index (χ3v) is 8.41. The van der Waals surface area contributed by atoms with Gasteiger partial charge in [0.2, 0.25) is 6.41 Å². The molecule has 196 valence electrons. The molecule has 1 atom stereocenters. The highest BCUT2D eigenvalue weighted by Gasteiger charge is 2.41. The molecule has 0 aromatic heterocycles. The van der Waals surface area contributed by atoms with Gasteiger partial charge in [-0.05, 0) is 98.6 Å². The number of likely N-dealkylation sites (tertiary alicyclic amines) is 1. The average molecular weight is 502 g/mol. The van der Waals surface area contributed by atoms with Gasteiger partial charge in [0.1, 0.15) is 18.1 Å². The number of hydrogen-bond donors (Lipinski definition) is 0. The van der Waals surface area contributed by atoms with E-state index in [4.69, 9.17) is 4.74 Å². The topological polar surface area (TPSA) is 73.6 Å². The third kappa shape index (κ3) is 5.57. The fourth-order valence-corrected chi connectivity index (χ4v) is 6.18. The summed E-state index contributed by atoms with van der Waals surface area (Å²) >= 11 is 0. The van der Waals surface area contributed by atoms with Crippen LogP contribution in [-0.4, -0.2) is 54.8 Å². The van der Waals surface area contributed by atoms with Gasteiger partial charge in [0.05, 0.1) is 23.1 Å². The molecule has 2 aliphatic heterocycles. The molecular weight excluding hydrogens is 462 g/mol. The van der Waals surface area contributed by atoms with Crippen molar-refractivity contribution >= 4 is 12.2 Å². The number of Topliss-reactive ketones (excluding diaryl/α,β-unsaturated/α-hetero) is 1. The van der Waals surface area contributed by atoms with Crippen molar-refractivity contribution in [2.45, 2.75) is 70.8 Å². The van der Waals surface area contributed by atoms with Crippen LogP contribution in [0.4, 0.5) is 0 Å². The lowest BCUT2D eigenvalue weighted by Gasteiger charge is -2.41. The van der Waals surface area contributed by atoms with Gasteiger partial charge in [-0.3, -0.25) is 14.5 Å². The van der Waals surface area contributed by atoms with Crippen LogP contribution < -0.4 is 4.74 Å². The molecule has 4 rings (SSSR count). The van der Waals surface area contributed by atoms with Crippen molar-refractivity contribution in [1.82, 2.24) is 9.80 Å². The maximum Gasteiger partial charge on any atom is 0.210 e. The molecular formula is C31H39N3O3. The smallest absolute Gasteiger partial charge is 0.210 e. The molecule has 0 aliphatic carbocycles. The number of nitrogens with zero attached hydrogens (tertiary/aromatic N) is 3. The molecule has 1 unspecified atom stereocenters. The first-order valence-corrected chi connectivity index (χ1v) is 13.7. The highest BCUT2D eigenvalue weighted by molar-refractivity contribution is 5.88. The molecule has 0 N–H and O–H groups in total. The van der Waals surface area contributed by atoms with E-state index in [0.29, 0.717) is 12.2 Å². The van der Waals surface area contributed by atoms with Crippen LogP contribution >= 0.6 is 0 Å². The fourth-order valence-electron chi connectivity index (χ4n) is 6.18. The summed E-state index contributed by atoms with van der Waals surface area (Å²) in [5.74, 6) is 1.07. The molecule has 37 heavy (non-hydrogen) atoms. The normalized spacial score (nSPS) is 19.1. The van der Waals surface area contributed by atoms with Gasteiger partial charge < -0.3 is 9.64 Å². The van der Waals surface area contributed by atoms with Gasteiger partial charge >= 0.3 is 0 Å². The summed E-state index contributed by atoms with van der Waals surface area (Å²) in [6, 6.07) is 14.5. The van der Waals surface area contributed by atoms with Crippen molar-refractivity contribution in [3.05, 3.63) is 64.2 Å². The Bertz CT molecular complexity index is 1160. The molecule has 2 aromatic rings. The van der Waals surface area contributed by atoms with Gasteiger partial charge in [-0.1, -0.05) is 32.4 Å². The zero-order chi connectivity index (χ0) is 26.4. The summed E-state index contributed by atoms with van der Waals surface area (Å²) in [5, 5.41) is 9.43. The molecule has 2 aliphatic rings. The Balaban J connectivity index is 1.37. The van der Waals surface area contributed by atoms with Crippen LogP contribution in [0.15, 0.2) is 36.4 Å². The lowest BCUT2D eigenvalue weighted by atomic mass is 9.68. The number of benzene rings is 2. The summed E-state index contributed by atoms with van der Waals surface area (Å²) in [5.41, 5.74) is 4.84. The predicted octanol–water partition coefficient (Wildman–Crippen LogP) is 4.98. The zero-order valence-electron chi connectivity index (χ0n) is 22.5. The molecule has 6 nitrogen and oxygen atoms in total. The molecule has 0 saturated carbocycles. The van der Waals surface area contributed by atoms with Crippen molar-refractivity contribution in [2.24, 2.45) is 0 Å². The van der Waals surface area contributed by atoms with E-state index >= 15 is 0 Å². The van der Waals surface area contributed by atoms with Crippen molar-refractivity contribution < 1.29 is 14.3 Å². The van der Waals surface area contributed by atoms with Crippen molar-refractivity contribution in [3.8, 4) is 11.8 Å². The summed E-state index contributed by atoms with van der Waals surface area (Å²) in [7, 11) is 0. The van der Waals surface area contributed by atoms with E-state index in [1.165, 1.54) is 11.1 Å². The Hall–Kier alpha value is -3.17. The number of amides is 1. The van der Waals surface area contributed by atoms with E-state index in [-0.39, 0.29) is 11.8 Å². The molecule has 1 amide bonds. The number of carbonyl (C=O) groups excluding carboxylic acids is 2. The number of rotatable bonds is 10. The van der Waals surface area contributed by atoms with E-state index in [0.717, 1.165) is 88.0 Å². The van der Waals surface area contributed by atoms with Crippen LogP contribution in [-0.2, 0) is 27.8 Å². The number of carbonyl (C=O) groups is 2. The van der Waals surface area contributed by atoms with E-state index in [9.17, 15) is 14.9 Å². The van der Waals surface area contributed by atoms with Crippen LogP contribution in [0.25, 0.3) is 0 Å². The molecule has 1 fully saturated rings. The molecule has 0 radical (unpaired) electrons. The SMILES string of the molecule is CCCC1c2ccc(OCCN3CCC(C(C)=O)(c4cc(C#N)ccc4CC)CC3)cc2CCN1C=O. The number of ketones is 1. The average Bonchev–Trinajstić information content (AvgIpc) is 2.93. The minimum absolute atomic E-state index is 0.164. The number of piperidine rings is 1. The molecule has 0 bridgehead atoms. The summed E-state index contributed by atoms with van der Waals surface area (Å²) in [6.45, 7) is 9.77. The second-order valence-electron chi connectivity index (χ2n) is 10.4. The van der Waals surface area contributed by atoms with Crippen LogP contribution in [0.5, 0.6) is 5.75 Å². The van der Waals surface area contributed by atoms with E-state index in [1.54, 1.807) is 6.92 Å². The number of nitriles is 1. The largest absolute Gasteiger partial charge is 0.492 e. The monoisotopic (exact) mass is 501 g/mol. The fraction of sp³-hybridized carbons (Fsp3) is 0.516. The van der Waals surface area contributed by atoms with E-state index in [2.05, 4.69) is 36.9 Å². The van der Waals surface area contributed by atoms with Gasteiger partial charge in [-0.25, -0.2) is 0 Å². The van der Waals surface area contributed by atoms with Crippen molar-refractivity contribution in [1.29, 1.82) is 5.26 Å². The Morgan fingerprint density at radius 2 is 1.95 bits per heavy atom. The highest BCUT2D eigenvalue weighted by Crippen LogP contribution is 2.39. The number of hydrogen-bond acceptors (Lipinski definition) is 5. The molecule has 1 saturated heterocycles. The number of ether oxygens (including phenoxy) is 1. The molecule has 2 heterocycles. The summed E-state index contributed by atoms with van der Waals surface area (Å²) < 4.78 is 6.15. The van der Waals surface area contributed by atoms with Gasteiger partial charge in [-0.15, -0.1) is 0 Å². The van der Waals surface area contributed by atoms with Crippen LogP contribution in [0.1, 0.15) is 80.3 Å². The van der Waals surface area contributed by atoms with Gasteiger partial charge in [0.25, 0.3) is 0 Å². The summed E-state index contributed by atoms with van der Waals surface area (Å²) in [6.07, 6.45) is 6.22. The zero-order valence-corrected chi connectivity index (χ0v) is 22.5. The highest BCUT2D eigenvalue weighted by atomic mass is 16.5. The Morgan fingerprint density at radius 3 is 2.59 bits per heavy atom. The standard InChI is InChI=1S/C31H39N3O3/c1-4-6-30-28-10-9-27(20-26(28)11-14-34(30)22-35)37-18-17-33-15-12-31(13-16-33,23(3)36)29-19-24(21-32)7-8-25(29)5-2/h7-10,19-20,22,30H,4-6,11-18H2,1-3H3. The lowest BCUT2D eigenvalue weighted by molar-refractivity contribution is -0.124. The van der Waals surface area contributed by atoms with Crippen LogP contribution in [0, 0.1) is 11.3 Å². The van der Waals surface area contributed by atoms with Gasteiger partial charge in [0.15, 0.2) is 0 Å².